The van der Waals surface area contributed by atoms with Gasteiger partial charge in [-0.05, 0) is 19.8 Å². The van der Waals surface area contributed by atoms with Crippen LogP contribution in [0.15, 0.2) is 4.99 Å². The summed E-state index contributed by atoms with van der Waals surface area (Å²) < 4.78 is 36.8. The standard InChI is InChI=1S/C12H23F3N4/c1-4-9(2)17-11(16-3)18-10-5-6-19(7-10)8-12(13,14)15/h9-10H,4-8H2,1-3H3,(H2,16,17,18). The molecule has 0 aromatic heterocycles. The van der Waals surface area contributed by atoms with Gasteiger partial charge in [-0.1, -0.05) is 6.92 Å². The van der Waals surface area contributed by atoms with Gasteiger partial charge in [0.1, 0.15) is 0 Å². The second kappa shape index (κ2) is 6.98. The van der Waals surface area contributed by atoms with Gasteiger partial charge in [-0.25, -0.2) is 0 Å². The third kappa shape index (κ3) is 6.13. The van der Waals surface area contributed by atoms with Gasteiger partial charge in [0.15, 0.2) is 5.96 Å². The first kappa shape index (κ1) is 16.1. The third-order valence-electron chi connectivity index (χ3n) is 3.24. The minimum absolute atomic E-state index is 0.0256. The zero-order valence-corrected chi connectivity index (χ0v) is 11.7. The van der Waals surface area contributed by atoms with E-state index in [1.54, 1.807) is 7.05 Å². The molecule has 4 nitrogen and oxygen atoms in total. The number of nitrogens with zero attached hydrogens (tertiary/aromatic N) is 2. The maximum Gasteiger partial charge on any atom is 0.401 e. The van der Waals surface area contributed by atoms with Crippen molar-refractivity contribution < 1.29 is 13.2 Å². The van der Waals surface area contributed by atoms with Gasteiger partial charge in [-0.3, -0.25) is 9.89 Å². The molecule has 7 heteroatoms. The molecule has 0 aromatic carbocycles. The Morgan fingerprint density at radius 3 is 2.68 bits per heavy atom. The number of nitrogens with one attached hydrogen (secondary N) is 2. The van der Waals surface area contributed by atoms with Gasteiger partial charge in [0, 0.05) is 32.2 Å². The number of halogens is 3. The Kier molecular flexibility index (Phi) is 5.90. The van der Waals surface area contributed by atoms with Crippen molar-refractivity contribution in [3.63, 3.8) is 0 Å². The van der Waals surface area contributed by atoms with Crippen LogP contribution in [0.3, 0.4) is 0 Å². The normalized spacial score (nSPS) is 23.5. The van der Waals surface area contributed by atoms with Crippen molar-refractivity contribution in [1.82, 2.24) is 15.5 Å². The second-order valence-electron chi connectivity index (χ2n) is 5.01. The Labute approximate surface area is 112 Å². The number of hydrogen-bond donors (Lipinski definition) is 2. The molecular formula is C12H23F3N4. The lowest BCUT2D eigenvalue weighted by Crippen LogP contribution is -2.47. The summed E-state index contributed by atoms with van der Waals surface area (Å²) in [4.78, 5) is 5.52. The maximum atomic E-state index is 12.3. The summed E-state index contributed by atoms with van der Waals surface area (Å²) in [6, 6.07) is 0.316. The van der Waals surface area contributed by atoms with Crippen molar-refractivity contribution in [3.8, 4) is 0 Å². The molecule has 2 atom stereocenters. The predicted molar refractivity (Wildman–Crippen MR) is 70.3 cm³/mol. The van der Waals surface area contributed by atoms with Crippen LogP contribution >= 0.6 is 0 Å². The summed E-state index contributed by atoms with van der Waals surface area (Å²) in [6.07, 6.45) is -2.45. The van der Waals surface area contributed by atoms with Crippen LogP contribution in [0, 0.1) is 0 Å². The monoisotopic (exact) mass is 280 g/mol. The topological polar surface area (TPSA) is 39.7 Å². The fraction of sp³-hybridized carbons (Fsp3) is 0.917. The molecule has 1 fully saturated rings. The lowest BCUT2D eigenvalue weighted by atomic mass is 10.2. The van der Waals surface area contributed by atoms with E-state index in [2.05, 4.69) is 22.5 Å². The van der Waals surface area contributed by atoms with Crippen LogP contribution in [0.25, 0.3) is 0 Å². The van der Waals surface area contributed by atoms with Crippen molar-refractivity contribution >= 4 is 5.96 Å². The van der Waals surface area contributed by atoms with Crippen LogP contribution in [0.1, 0.15) is 26.7 Å². The molecule has 0 aromatic rings. The second-order valence-corrected chi connectivity index (χ2v) is 5.01. The molecule has 2 N–H and O–H groups in total. The first-order chi connectivity index (χ1) is 8.84. The summed E-state index contributed by atoms with van der Waals surface area (Å²) in [6.45, 7) is 4.14. The molecular weight excluding hydrogens is 257 g/mol. The van der Waals surface area contributed by atoms with E-state index in [-0.39, 0.29) is 6.04 Å². The molecule has 1 heterocycles. The van der Waals surface area contributed by atoms with Crippen molar-refractivity contribution in [2.24, 2.45) is 4.99 Å². The summed E-state index contributed by atoms with van der Waals surface area (Å²) >= 11 is 0. The molecule has 1 saturated heterocycles. The molecule has 0 radical (unpaired) electrons. The molecule has 0 aliphatic carbocycles. The fourth-order valence-electron chi connectivity index (χ4n) is 2.05. The molecule has 1 aliphatic heterocycles. The number of alkyl halides is 3. The van der Waals surface area contributed by atoms with Crippen LogP contribution in [0.2, 0.25) is 0 Å². The molecule has 112 valence electrons. The number of guanidine groups is 1. The molecule has 1 aliphatic rings. The van der Waals surface area contributed by atoms with E-state index in [1.165, 1.54) is 4.90 Å². The Bertz CT molecular complexity index is 304. The summed E-state index contributed by atoms with van der Waals surface area (Å²) in [5, 5.41) is 6.38. The van der Waals surface area contributed by atoms with Gasteiger partial charge in [0.05, 0.1) is 6.54 Å². The summed E-state index contributed by atoms with van der Waals surface area (Å²) in [5.74, 6) is 0.660. The minimum atomic E-state index is -4.12. The molecule has 19 heavy (non-hydrogen) atoms. The van der Waals surface area contributed by atoms with Gasteiger partial charge in [0.25, 0.3) is 0 Å². The van der Waals surface area contributed by atoms with Crippen molar-refractivity contribution in [1.29, 1.82) is 0 Å². The fourth-order valence-corrected chi connectivity index (χ4v) is 2.05. The van der Waals surface area contributed by atoms with Crippen LogP contribution in [-0.4, -0.2) is 55.8 Å². The lowest BCUT2D eigenvalue weighted by Gasteiger charge is -2.21. The average molecular weight is 280 g/mol. The predicted octanol–water partition coefficient (Wildman–Crippen LogP) is 1.59. The van der Waals surface area contributed by atoms with E-state index in [9.17, 15) is 13.2 Å². The highest BCUT2D eigenvalue weighted by Gasteiger charge is 2.34. The zero-order chi connectivity index (χ0) is 14.5. The van der Waals surface area contributed by atoms with Crippen LogP contribution in [-0.2, 0) is 0 Å². The molecule has 0 amide bonds. The summed E-state index contributed by atoms with van der Waals surface area (Å²) in [5.41, 5.74) is 0. The third-order valence-corrected chi connectivity index (χ3v) is 3.24. The quantitative estimate of drug-likeness (QED) is 0.607. The van der Waals surface area contributed by atoms with E-state index in [1.807, 2.05) is 6.92 Å². The Morgan fingerprint density at radius 2 is 2.16 bits per heavy atom. The number of aliphatic imine (C=N–C) groups is 1. The van der Waals surface area contributed by atoms with Crippen LogP contribution in [0.4, 0.5) is 13.2 Å². The highest BCUT2D eigenvalue weighted by Crippen LogP contribution is 2.19. The average Bonchev–Trinajstić information content (AvgIpc) is 2.72. The highest BCUT2D eigenvalue weighted by atomic mass is 19.4. The Morgan fingerprint density at radius 1 is 1.47 bits per heavy atom. The van der Waals surface area contributed by atoms with Crippen molar-refractivity contribution in [2.75, 3.05) is 26.7 Å². The van der Waals surface area contributed by atoms with Gasteiger partial charge in [0.2, 0.25) is 0 Å². The lowest BCUT2D eigenvalue weighted by molar-refractivity contribution is -0.143. The first-order valence-electron chi connectivity index (χ1n) is 6.63. The number of likely N-dealkylation sites (tertiary alicyclic amines) is 1. The van der Waals surface area contributed by atoms with E-state index in [0.717, 1.165) is 6.42 Å². The van der Waals surface area contributed by atoms with Gasteiger partial charge in [-0.2, -0.15) is 13.2 Å². The van der Waals surface area contributed by atoms with Gasteiger partial charge in [-0.15, -0.1) is 0 Å². The largest absolute Gasteiger partial charge is 0.401 e. The van der Waals surface area contributed by atoms with E-state index >= 15 is 0 Å². The van der Waals surface area contributed by atoms with E-state index in [0.29, 0.717) is 31.5 Å². The SMILES string of the molecule is CCC(C)NC(=NC)NC1CCN(CC(F)(F)F)C1. The van der Waals surface area contributed by atoms with Crippen LogP contribution < -0.4 is 10.6 Å². The van der Waals surface area contributed by atoms with E-state index < -0.39 is 12.7 Å². The molecule has 2 unspecified atom stereocenters. The van der Waals surface area contributed by atoms with Crippen molar-refractivity contribution in [2.45, 2.75) is 44.9 Å². The van der Waals surface area contributed by atoms with Gasteiger partial charge >= 0.3 is 6.18 Å². The summed E-state index contributed by atoms with van der Waals surface area (Å²) in [7, 11) is 1.67. The maximum absolute atomic E-state index is 12.3. The molecule has 0 spiro atoms. The Hall–Kier alpha value is -0.980. The Balaban J connectivity index is 2.38. The number of hydrogen-bond acceptors (Lipinski definition) is 2. The molecule has 1 rings (SSSR count). The highest BCUT2D eigenvalue weighted by molar-refractivity contribution is 5.80. The molecule has 0 bridgehead atoms. The molecule has 0 saturated carbocycles. The minimum Gasteiger partial charge on any atom is -0.354 e. The zero-order valence-electron chi connectivity index (χ0n) is 11.7. The van der Waals surface area contributed by atoms with Crippen molar-refractivity contribution in [3.05, 3.63) is 0 Å². The number of rotatable bonds is 4. The van der Waals surface area contributed by atoms with Crippen LogP contribution in [0.5, 0.6) is 0 Å². The smallest absolute Gasteiger partial charge is 0.354 e. The van der Waals surface area contributed by atoms with E-state index in [4.69, 9.17) is 0 Å². The first-order valence-corrected chi connectivity index (χ1v) is 6.63. The van der Waals surface area contributed by atoms with Gasteiger partial charge < -0.3 is 10.6 Å².